The highest BCUT2D eigenvalue weighted by atomic mass is 35.5. The number of rotatable bonds is 9. The summed E-state index contributed by atoms with van der Waals surface area (Å²) in [5.41, 5.74) is 0. The largest absolute Gasteiger partial charge is 0.380 e. The Bertz CT molecular complexity index is 241. The molecule has 18 heavy (non-hydrogen) atoms. The van der Waals surface area contributed by atoms with Gasteiger partial charge >= 0.3 is 6.03 Å². The number of hydrogen-bond donors (Lipinski definition) is 1. The maximum absolute atomic E-state index is 11.7. The molecule has 0 saturated heterocycles. The van der Waals surface area contributed by atoms with Crippen molar-refractivity contribution in [3.05, 3.63) is 0 Å². The molecule has 0 aliphatic heterocycles. The Morgan fingerprint density at radius 1 is 1.11 bits per heavy atom. The predicted molar refractivity (Wildman–Crippen MR) is 68.8 cm³/mol. The molecule has 0 atom stereocenters. The summed E-state index contributed by atoms with van der Waals surface area (Å²) in [5, 5.41) is 2.19. The monoisotopic (exact) mass is 280 g/mol. The minimum Gasteiger partial charge on any atom is -0.380 e. The van der Waals surface area contributed by atoms with E-state index in [1.807, 2.05) is 13.8 Å². The number of ether oxygens (including phenoxy) is 2. The van der Waals surface area contributed by atoms with Crippen LogP contribution in [0.25, 0.3) is 0 Å². The van der Waals surface area contributed by atoms with Gasteiger partial charge in [0.1, 0.15) is 5.88 Å². The second-order valence-electron chi connectivity index (χ2n) is 3.37. The Morgan fingerprint density at radius 3 is 2.00 bits per heavy atom. The molecule has 0 spiro atoms. The van der Waals surface area contributed by atoms with Crippen LogP contribution < -0.4 is 5.32 Å². The van der Waals surface area contributed by atoms with Crippen LogP contribution in [0.4, 0.5) is 4.79 Å². The highest BCUT2D eigenvalue weighted by molar-refractivity contribution is 6.28. The number of halogens is 1. The van der Waals surface area contributed by atoms with E-state index < -0.39 is 11.9 Å². The maximum Gasteiger partial charge on any atom is 0.324 e. The SMILES string of the molecule is CCOCCN(CCOCC)C(=O)NC(=O)CCl. The fourth-order valence-electron chi connectivity index (χ4n) is 1.18. The minimum atomic E-state index is -0.514. The van der Waals surface area contributed by atoms with Crippen molar-refractivity contribution < 1.29 is 19.1 Å². The number of nitrogens with one attached hydrogen (secondary N) is 1. The highest BCUT2D eigenvalue weighted by Gasteiger charge is 2.15. The van der Waals surface area contributed by atoms with Gasteiger partial charge in [-0.05, 0) is 13.8 Å². The number of amides is 3. The molecular weight excluding hydrogens is 260 g/mol. The number of carbonyl (C=O) groups excluding carboxylic acids is 2. The molecule has 0 saturated carbocycles. The summed E-state index contributed by atoms with van der Waals surface area (Å²) in [5.74, 6) is -0.754. The Hall–Kier alpha value is -0.850. The average molecular weight is 281 g/mol. The van der Waals surface area contributed by atoms with Crippen molar-refractivity contribution in [2.75, 3.05) is 45.4 Å². The Labute approximate surface area is 113 Å². The highest BCUT2D eigenvalue weighted by Crippen LogP contribution is 1.92. The summed E-state index contributed by atoms with van der Waals surface area (Å²) in [7, 11) is 0. The van der Waals surface area contributed by atoms with Crippen LogP contribution in [0.15, 0.2) is 0 Å². The van der Waals surface area contributed by atoms with Gasteiger partial charge in [-0.3, -0.25) is 10.1 Å². The van der Waals surface area contributed by atoms with E-state index in [1.54, 1.807) is 0 Å². The normalized spacial score (nSPS) is 10.2. The quantitative estimate of drug-likeness (QED) is 0.502. The average Bonchev–Trinajstić information content (AvgIpc) is 2.37. The van der Waals surface area contributed by atoms with E-state index >= 15 is 0 Å². The van der Waals surface area contributed by atoms with E-state index in [1.165, 1.54) is 4.90 Å². The molecule has 0 bridgehead atoms. The van der Waals surface area contributed by atoms with E-state index in [9.17, 15) is 9.59 Å². The van der Waals surface area contributed by atoms with Gasteiger partial charge in [-0.2, -0.15) is 0 Å². The van der Waals surface area contributed by atoms with Gasteiger partial charge in [0.05, 0.1) is 13.2 Å². The van der Waals surface area contributed by atoms with Gasteiger partial charge in [0.15, 0.2) is 0 Å². The molecule has 0 aliphatic rings. The molecule has 3 amide bonds. The number of carbonyl (C=O) groups is 2. The molecule has 0 aliphatic carbocycles. The van der Waals surface area contributed by atoms with E-state index in [-0.39, 0.29) is 5.88 Å². The Balaban J connectivity index is 4.15. The molecule has 6 nitrogen and oxygen atoms in total. The van der Waals surface area contributed by atoms with Gasteiger partial charge in [-0.15, -0.1) is 11.6 Å². The molecule has 7 heteroatoms. The van der Waals surface area contributed by atoms with Crippen molar-refractivity contribution in [1.82, 2.24) is 10.2 Å². The number of urea groups is 1. The molecule has 0 aromatic carbocycles. The Kier molecular flexibility index (Phi) is 10.7. The fourth-order valence-corrected chi connectivity index (χ4v) is 1.25. The summed E-state index contributed by atoms with van der Waals surface area (Å²) in [6.45, 7) is 6.58. The van der Waals surface area contributed by atoms with Crippen molar-refractivity contribution in [3.8, 4) is 0 Å². The number of hydrogen-bond acceptors (Lipinski definition) is 4. The van der Waals surface area contributed by atoms with Crippen molar-refractivity contribution in [1.29, 1.82) is 0 Å². The molecule has 106 valence electrons. The van der Waals surface area contributed by atoms with Crippen molar-refractivity contribution in [2.24, 2.45) is 0 Å². The zero-order valence-corrected chi connectivity index (χ0v) is 11.7. The molecule has 1 N–H and O–H groups in total. The molecular formula is C11H21ClN2O4. The van der Waals surface area contributed by atoms with Crippen molar-refractivity contribution >= 4 is 23.5 Å². The van der Waals surface area contributed by atoms with Crippen LogP contribution >= 0.6 is 11.6 Å². The topological polar surface area (TPSA) is 67.9 Å². The first kappa shape index (κ1) is 17.2. The van der Waals surface area contributed by atoms with Gasteiger partial charge in [0, 0.05) is 26.3 Å². The zero-order valence-electron chi connectivity index (χ0n) is 10.9. The summed E-state index contributed by atoms with van der Waals surface area (Å²) >= 11 is 5.32. The van der Waals surface area contributed by atoms with Gasteiger partial charge in [0.2, 0.25) is 5.91 Å². The van der Waals surface area contributed by atoms with E-state index in [4.69, 9.17) is 21.1 Å². The van der Waals surface area contributed by atoms with Gasteiger partial charge < -0.3 is 14.4 Å². The molecule has 0 rings (SSSR count). The van der Waals surface area contributed by atoms with Gasteiger partial charge in [-0.25, -0.2) is 4.79 Å². The predicted octanol–water partition coefficient (Wildman–Crippen LogP) is 0.836. The number of imide groups is 1. The third-order valence-corrected chi connectivity index (χ3v) is 2.32. The molecule has 0 radical (unpaired) electrons. The van der Waals surface area contributed by atoms with E-state index in [0.29, 0.717) is 39.5 Å². The first-order valence-corrected chi connectivity index (χ1v) is 6.49. The molecule has 0 unspecified atom stereocenters. The second kappa shape index (κ2) is 11.3. The molecule has 0 aromatic rings. The lowest BCUT2D eigenvalue weighted by Gasteiger charge is -2.22. The maximum atomic E-state index is 11.7. The smallest absolute Gasteiger partial charge is 0.324 e. The zero-order chi connectivity index (χ0) is 13.8. The van der Waals surface area contributed by atoms with Crippen LogP contribution in [0.3, 0.4) is 0 Å². The second-order valence-corrected chi connectivity index (χ2v) is 3.64. The molecule has 0 fully saturated rings. The third kappa shape index (κ3) is 8.27. The Morgan fingerprint density at radius 2 is 1.61 bits per heavy atom. The molecule has 0 heterocycles. The van der Waals surface area contributed by atoms with Crippen molar-refractivity contribution in [3.63, 3.8) is 0 Å². The summed E-state index contributed by atoms with van der Waals surface area (Å²) in [6.07, 6.45) is 0. The number of nitrogens with zero attached hydrogens (tertiary/aromatic N) is 1. The summed E-state index contributed by atoms with van der Waals surface area (Å²) in [4.78, 5) is 24.2. The first-order chi connectivity index (χ1) is 8.65. The number of alkyl halides is 1. The van der Waals surface area contributed by atoms with Crippen LogP contribution in [0.2, 0.25) is 0 Å². The van der Waals surface area contributed by atoms with Crippen LogP contribution in [0.5, 0.6) is 0 Å². The van der Waals surface area contributed by atoms with E-state index in [2.05, 4.69) is 5.32 Å². The fraction of sp³-hybridized carbons (Fsp3) is 0.818. The van der Waals surface area contributed by atoms with Crippen LogP contribution in [-0.2, 0) is 14.3 Å². The van der Waals surface area contributed by atoms with E-state index in [0.717, 1.165) is 0 Å². The van der Waals surface area contributed by atoms with Crippen LogP contribution in [0.1, 0.15) is 13.8 Å². The summed E-state index contributed by atoms with van der Waals surface area (Å²) < 4.78 is 10.4. The summed E-state index contributed by atoms with van der Waals surface area (Å²) in [6, 6.07) is -0.472. The van der Waals surface area contributed by atoms with Crippen LogP contribution in [0, 0.1) is 0 Å². The molecule has 0 aromatic heterocycles. The lowest BCUT2D eigenvalue weighted by molar-refractivity contribution is -0.117. The lowest BCUT2D eigenvalue weighted by atomic mass is 10.5. The standard InChI is InChI=1S/C11H21ClN2O4/c1-3-17-7-5-14(6-8-18-4-2)11(16)13-10(15)9-12/h3-9H2,1-2H3,(H,13,15,16). The van der Waals surface area contributed by atoms with Crippen LogP contribution in [-0.4, -0.2) is 62.2 Å². The first-order valence-electron chi connectivity index (χ1n) is 5.95. The minimum absolute atomic E-state index is 0.240. The van der Waals surface area contributed by atoms with Crippen molar-refractivity contribution in [2.45, 2.75) is 13.8 Å². The van der Waals surface area contributed by atoms with Gasteiger partial charge in [-0.1, -0.05) is 0 Å². The van der Waals surface area contributed by atoms with Gasteiger partial charge in [0.25, 0.3) is 0 Å². The third-order valence-electron chi connectivity index (χ3n) is 2.07. The lowest BCUT2D eigenvalue weighted by Crippen LogP contribution is -2.46.